The molecule has 1 aromatic heterocycles. The van der Waals surface area contributed by atoms with Gasteiger partial charge in [-0.15, -0.1) is 0 Å². The van der Waals surface area contributed by atoms with E-state index in [2.05, 4.69) is 392 Å². The lowest BCUT2D eigenvalue weighted by atomic mass is 9.33. The molecule has 0 amide bonds. The molecule has 18 rings (SSSR count). The fourth-order valence-electron chi connectivity index (χ4n) is 15.7. The van der Waals surface area contributed by atoms with Crippen molar-refractivity contribution in [3.63, 3.8) is 0 Å². The van der Waals surface area contributed by atoms with Crippen LogP contribution in [0.1, 0.15) is 0 Å². The molecule has 0 atom stereocenters. The Bertz CT molecular complexity index is 5500. The molecule has 3 heterocycles. The standard InChI is InChI=1S/C93H68BN3Si/c1-98(2,3)76-42-26-41-69(58-76)74-60-89-91-90(61-74)97(93-79(67-37-18-8-19-38-67)47-28-48-80(93)68-39-20-9-21-40-68)88-62-75(95-85-49-24-22-43-81(85)82-44-23-25-50-86(82)95)52-54-84(88)94(91)83-53-51-70(73-56-71(63-29-10-4-11-30-63)55-72(57-73)64-31-12-5-13-32-64)59-87(83)96(89)92-77(65-33-14-6-15-34-65)45-27-46-78(92)66-35-16-7-17-36-66/h4-62H,1-3H3. The summed E-state index contributed by atoms with van der Waals surface area (Å²) in [6.45, 7) is 7.16. The summed E-state index contributed by atoms with van der Waals surface area (Å²) < 4.78 is 2.49. The van der Waals surface area contributed by atoms with Crippen molar-refractivity contribution in [3.05, 3.63) is 358 Å². The lowest BCUT2D eigenvalue weighted by Gasteiger charge is -2.46. The Labute approximate surface area is 575 Å². The van der Waals surface area contributed by atoms with Gasteiger partial charge in [0.05, 0.1) is 30.5 Å². The quantitative estimate of drug-likeness (QED) is 0.113. The van der Waals surface area contributed by atoms with Crippen LogP contribution >= 0.6 is 0 Å². The van der Waals surface area contributed by atoms with Crippen molar-refractivity contribution in [1.82, 2.24) is 4.57 Å². The Morgan fingerprint density at radius 1 is 0.245 bits per heavy atom. The van der Waals surface area contributed by atoms with Crippen LogP contribution in [0.25, 0.3) is 117 Å². The van der Waals surface area contributed by atoms with Crippen LogP contribution < -0.4 is 31.4 Å². The maximum atomic E-state index is 2.70. The highest BCUT2D eigenvalue weighted by molar-refractivity contribution is 7.00. The van der Waals surface area contributed by atoms with Crippen LogP contribution in [0.2, 0.25) is 19.6 Å². The van der Waals surface area contributed by atoms with Gasteiger partial charge >= 0.3 is 0 Å². The number of nitrogens with zero attached hydrogens (tertiary/aromatic N) is 3. The summed E-state index contributed by atoms with van der Waals surface area (Å²) >= 11 is 0. The largest absolute Gasteiger partial charge is 0.310 e. The van der Waals surface area contributed by atoms with E-state index >= 15 is 0 Å². The van der Waals surface area contributed by atoms with Crippen LogP contribution in [0.3, 0.4) is 0 Å². The lowest BCUT2D eigenvalue weighted by molar-refractivity contribution is 1.17. The summed E-state index contributed by atoms with van der Waals surface area (Å²) in [5.74, 6) is 0. The highest BCUT2D eigenvalue weighted by Crippen LogP contribution is 2.54. The van der Waals surface area contributed by atoms with Gasteiger partial charge < -0.3 is 14.4 Å². The van der Waals surface area contributed by atoms with Crippen LogP contribution in [0.15, 0.2) is 358 Å². The van der Waals surface area contributed by atoms with Gasteiger partial charge in [0, 0.05) is 61.5 Å². The first-order valence-electron chi connectivity index (χ1n) is 34.2. The van der Waals surface area contributed by atoms with Gasteiger partial charge in [-0.25, -0.2) is 0 Å². The molecular formula is C93H68BN3Si. The van der Waals surface area contributed by atoms with Crippen molar-refractivity contribution < 1.29 is 0 Å². The Morgan fingerprint density at radius 2 is 0.582 bits per heavy atom. The predicted octanol–water partition coefficient (Wildman–Crippen LogP) is 22.7. The van der Waals surface area contributed by atoms with Crippen molar-refractivity contribution in [2.24, 2.45) is 0 Å². The summed E-state index contributed by atoms with van der Waals surface area (Å²) in [4.78, 5) is 5.39. The average Bonchev–Trinajstić information content (AvgIpc) is 0.810. The zero-order chi connectivity index (χ0) is 65.4. The van der Waals surface area contributed by atoms with Crippen molar-refractivity contribution in [3.8, 4) is 94.7 Å². The van der Waals surface area contributed by atoms with Gasteiger partial charge in [0.1, 0.15) is 0 Å². The Hall–Kier alpha value is -12.0. The molecule has 15 aromatic carbocycles. The number of fused-ring (bicyclic) bond motifs is 7. The van der Waals surface area contributed by atoms with E-state index in [1.807, 2.05) is 0 Å². The van der Waals surface area contributed by atoms with Gasteiger partial charge in [0.2, 0.25) is 0 Å². The molecule has 3 nitrogen and oxygen atoms in total. The molecule has 0 saturated carbocycles. The number of anilines is 6. The number of rotatable bonds is 12. The lowest BCUT2D eigenvalue weighted by Crippen LogP contribution is -2.61. The first-order chi connectivity index (χ1) is 48.3. The molecule has 0 N–H and O–H groups in total. The van der Waals surface area contributed by atoms with Crippen LogP contribution in [0.5, 0.6) is 0 Å². The van der Waals surface area contributed by atoms with E-state index in [1.165, 1.54) is 71.2 Å². The minimum absolute atomic E-state index is 0.232. The number of aromatic nitrogens is 1. The van der Waals surface area contributed by atoms with E-state index in [1.54, 1.807) is 0 Å². The van der Waals surface area contributed by atoms with Crippen molar-refractivity contribution in [1.29, 1.82) is 0 Å². The second-order valence-electron chi connectivity index (χ2n) is 27.1. The number of para-hydroxylation sites is 4. The number of hydrogen-bond acceptors (Lipinski definition) is 2. The second-order valence-corrected chi connectivity index (χ2v) is 32.2. The van der Waals surface area contributed by atoms with E-state index in [9.17, 15) is 0 Å². The normalized spacial score (nSPS) is 12.4. The van der Waals surface area contributed by atoms with Crippen molar-refractivity contribution in [2.45, 2.75) is 19.6 Å². The fraction of sp³-hybridized carbons (Fsp3) is 0.0323. The van der Waals surface area contributed by atoms with Crippen molar-refractivity contribution >= 4 is 92.3 Å². The van der Waals surface area contributed by atoms with Gasteiger partial charge in [-0.2, -0.15) is 0 Å². The van der Waals surface area contributed by atoms with E-state index in [0.717, 1.165) is 101 Å². The number of benzene rings is 15. The molecule has 0 spiro atoms. The molecule has 0 aliphatic carbocycles. The molecule has 462 valence electrons. The highest BCUT2D eigenvalue weighted by Gasteiger charge is 2.46. The Kier molecular flexibility index (Phi) is 14.3. The van der Waals surface area contributed by atoms with E-state index in [4.69, 9.17) is 0 Å². The molecular weight excluding hydrogens is 1200 g/mol. The minimum atomic E-state index is -1.84. The molecule has 0 saturated heterocycles. The third-order valence-corrected chi connectivity index (χ3v) is 22.3. The topological polar surface area (TPSA) is 11.4 Å². The third-order valence-electron chi connectivity index (χ3n) is 20.3. The second kappa shape index (κ2) is 24.0. The highest BCUT2D eigenvalue weighted by atomic mass is 28.3. The molecule has 2 aliphatic rings. The summed E-state index contributed by atoms with van der Waals surface area (Å²) in [5, 5.41) is 3.87. The average molecular weight is 1270 g/mol. The SMILES string of the molecule is C[Si](C)(C)c1cccc(-c2cc3c4c(c2)N(c2c(-c5ccccc5)cccc2-c2ccccc2)c2cc(-n5c6ccccc6c6ccccc65)ccc2B4c2ccc(-c4cc(-c5ccccc5)cc(-c5ccccc5)c4)cc2N3c2c(-c3ccccc3)cccc2-c2ccccc2)c1. The molecule has 5 heteroatoms. The molecule has 0 unspecified atom stereocenters. The van der Waals surface area contributed by atoms with E-state index < -0.39 is 8.07 Å². The monoisotopic (exact) mass is 1270 g/mol. The van der Waals surface area contributed by atoms with Gasteiger partial charge in [0.15, 0.2) is 0 Å². The number of hydrogen-bond donors (Lipinski definition) is 0. The van der Waals surface area contributed by atoms with Crippen LogP contribution in [-0.2, 0) is 0 Å². The van der Waals surface area contributed by atoms with Gasteiger partial charge in [-0.05, 0) is 144 Å². The fourth-order valence-corrected chi connectivity index (χ4v) is 16.9. The van der Waals surface area contributed by atoms with Crippen LogP contribution in [0, 0.1) is 0 Å². The Morgan fingerprint density at radius 3 is 1.02 bits per heavy atom. The summed E-state index contributed by atoms with van der Waals surface area (Å²) in [6, 6.07) is 134. The van der Waals surface area contributed by atoms with Gasteiger partial charge in [-0.3, -0.25) is 0 Å². The Balaban J connectivity index is 1.01. The minimum Gasteiger partial charge on any atom is -0.310 e. The van der Waals surface area contributed by atoms with Crippen LogP contribution in [-0.4, -0.2) is 19.4 Å². The molecule has 98 heavy (non-hydrogen) atoms. The van der Waals surface area contributed by atoms with Crippen molar-refractivity contribution in [2.75, 3.05) is 9.80 Å². The smallest absolute Gasteiger partial charge is 0.252 e. The van der Waals surface area contributed by atoms with E-state index in [-0.39, 0.29) is 6.71 Å². The van der Waals surface area contributed by atoms with Gasteiger partial charge in [-0.1, -0.05) is 322 Å². The maximum absolute atomic E-state index is 2.70. The molecule has 0 radical (unpaired) electrons. The first-order valence-corrected chi connectivity index (χ1v) is 37.7. The summed E-state index contributed by atoms with van der Waals surface area (Å²) in [5.41, 5.74) is 32.4. The van der Waals surface area contributed by atoms with E-state index in [0.29, 0.717) is 0 Å². The first kappa shape index (κ1) is 58.6. The molecule has 16 aromatic rings. The molecule has 0 fully saturated rings. The predicted molar refractivity (Wildman–Crippen MR) is 421 cm³/mol. The molecule has 0 bridgehead atoms. The zero-order valence-corrected chi connectivity index (χ0v) is 56.0. The summed E-state index contributed by atoms with van der Waals surface area (Å²) in [7, 11) is -1.84. The van der Waals surface area contributed by atoms with Crippen LogP contribution in [0.4, 0.5) is 34.1 Å². The third kappa shape index (κ3) is 10.0. The zero-order valence-electron chi connectivity index (χ0n) is 55.0. The molecule has 2 aliphatic heterocycles. The maximum Gasteiger partial charge on any atom is 0.252 e. The summed E-state index contributed by atoms with van der Waals surface area (Å²) in [6.07, 6.45) is 0. The van der Waals surface area contributed by atoms with Gasteiger partial charge in [0.25, 0.3) is 6.71 Å².